The summed E-state index contributed by atoms with van der Waals surface area (Å²) in [6, 6.07) is 13.9. The van der Waals surface area contributed by atoms with Gasteiger partial charge >= 0.3 is 12.1 Å². The van der Waals surface area contributed by atoms with E-state index < -0.39 is 32.7 Å². The van der Waals surface area contributed by atoms with Gasteiger partial charge in [0.25, 0.3) is 11.4 Å². The summed E-state index contributed by atoms with van der Waals surface area (Å²) in [6.45, 7) is 0.0222. The maximum Gasteiger partial charge on any atom is 0.330 e. The molecule has 1 unspecified atom stereocenters. The minimum atomic E-state index is -1.51. The number of amides is 4. The molecule has 386 valence electrons. The molecule has 1 atom stereocenters. The van der Waals surface area contributed by atoms with Crippen LogP contribution in [-0.2, 0) is 37.0 Å². The smallest absolute Gasteiger partial charge is 0.330 e. The molecule has 0 radical (unpaired) electrons. The number of nitro groups is 2. The summed E-state index contributed by atoms with van der Waals surface area (Å²) in [5.74, 6) is 1.67. The number of methoxy groups -OCH3 is 4. The molecule has 4 aromatic carbocycles. The van der Waals surface area contributed by atoms with Gasteiger partial charge in [-0.1, -0.05) is 97.3 Å². The third kappa shape index (κ3) is 11.7. The Morgan fingerprint density at radius 1 is 0.644 bits per heavy atom. The van der Waals surface area contributed by atoms with E-state index in [2.05, 4.69) is 19.9 Å². The third-order valence-corrected chi connectivity index (χ3v) is 13.5. The van der Waals surface area contributed by atoms with E-state index in [1.807, 2.05) is 6.26 Å². The van der Waals surface area contributed by atoms with Gasteiger partial charge in [-0.15, -0.1) is 0 Å². The molecule has 0 saturated heterocycles. The Hall–Kier alpha value is -6.76. The molecule has 73 heavy (non-hydrogen) atoms. The van der Waals surface area contributed by atoms with Crippen molar-refractivity contribution in [3.05, 3.63) is 136 Å². The number of aromatic nitrogens is 4. The standard InChI is InChI=1S/C22H19Cl2N5O6S.C22H19Cl2N5O5S.2CH4/c1-34-15-8-16(35-2)18(24)19(17(15)23)27-11-13-9-25-21(36(3)33)26-20(13)28(22(27)30)10-12-5-4-6-14(7-12)29(31)32;1-33-15-8-16(34-2)18(24)19(17(15)23)27-11-13-9-25-21(35-3)26-20(13)28(22(27)30)10-12-5-4-6-14(7-12)29(31)32;;/h4-9H,10-11H2,1-3H3;4-9H,10-11H2,1-3H3;2*1H4. The topological polar surface area (TPSA) is 239 Å². The monoisotopic (exact) mass is 1120 g/mol. The van der Waals surface area contributed by atoms with Crippen LogP contribution in [0.2, 0.25) is 20.1 Å². The number of carbonyl (C=O) groups is 2. The Morgan fingerprint density at radius 2 is 1.03 bits per heavy atom. The van der Waals surface area contributed by atoms with E-state index in [0.29, 0.717) is 33.2 Å². The van der Waals surface area contributed by atoms with Crippen molar-refractivity contribution >= 4 is 115 Å². The van der Waals surface area contributed by atoms with Gasteiger partial charge in [0.05, 0.1) is 86.6 Å². The van der Waals surface area contributed by atoms with E-state index in [4.69, 9.17) is 65.4 Å². The predicted octanol–water partition coefficient (Wildman–Crippen LogP) is 11.4. The highest BCUT2D eigenvalue weighted by Crippen LogP contribution is 2.50. The lowest BCUT2D eigenvalue weighted by molar-refractivity contribution is -0.385. The van der Waals surface area contributed by atoms with E-state index in [-0.39, 0.29) is 118 Å². The number of urea groups is 2. The van der Waals surface area contributed by atoms with Crippen LogP contribution in [-0.4, -0.2) is 87.0 Å². The fraction of sp³-hybridized carbons (Fsp3) is 0.261. The largest absolute Gasteiger partial charge is 0.495 e. The highest BCUT2D eigenvalue weighted by molar-refractivity contribution is 7.98. The number of nitrogens with zero attached hydrogens (tertiary/aromatic N) is 10. The van der Waals surface area contributed by atoms with Gasteiger partial charge in [0, 0.05) is 66.2 Å². The van der Waals surface area contributed by atoms with Gasteiger partial charge in [-0.05, 0) is 17.4 Å². The Kier molecular flexibility index (Phi) is 19.0. The maximum absolute atomic E-state index is 13.9. The van der Waals surface area contributed by atoms with Gasteiger partial charge in [-0.2, -0.15) is 0 Å². The molecule has 0 spiro atoms. The van der Waals surface area contributed by atoms with Crippen molar-refractivity contribution in [3.8, 4) is 23.0 Å². The number of rotatable bonds is 14. The number of non-ortho nitro benzene ring substituents is 2. The van der Waals surface area contributed by atoms with Crippen LogP contribution in [0.1, 0.15) is 37.1 Å². The van der Waals surface area contributed by atoms with Gasteiger partial charge in [0.2, 0.25) is 5.16 Å². The molecule has 0 aliphatic carbocycles. The van der Waals surface area contributed by atoms with Crippen LogP contribution < -0.4 is 38.5 Å². The average Bonchev–Trinajstić information content (AvgIpc) is 3.36. The summed E-state index contributed by atoms with van der Waals surface area (Å²) in [5, 5.41) is 23.5. The third-order valence-electron chi connectivity index (χ3n) is 10.7. The molecular formula is C46H46Cl4N10O11S2. The maximum atomic E-state index is 13.9. The molecular weight excluding hydrogens is 1070 g/mol. The molecule has 4 heterocycles. The molecule has 0 fully saturated rings. The molecule has 27 heteroatoms. The number of anilines is 4. The Bertz CT molecular complexity index is 3090. The zero-order valence-corrected chi connectivity index (χ0v) is 42.7. The molecule has 4 amide bonds. The van der Waals surface area contributed by atoms with Crippen LogP contribution in [0.5, 0.6) is 23.0 Å². The molecule has 2 aromatic heterocycles. The number of benzene rings is 4. The van der Waals surface area contributed by atoms with Crippen molar-refractivity contribution in [2.45, 2.75) is 51.3 Å². The van der Waals surface area contributed by atoms with Crippen molar-refractivity contribution in [1.29, 1.82) is 0 Å². The highest BCUT2D eigenvalue weighted by atomic mass is 35.5. The van der Waals surface area contributed by atoms with Gasteiger partial charge in [0.1, 0.15) is 54.7 Å². The average molecular weight is 1120 g/mol. The zero-order valence-electron chi connectivity index (χ0n) is 38.0. The van der Waals surface area contributed by atoms with Crippen molar-refractivity contribution < 1.29 is 42.6 Å². The number of halogens is 4. The first-order chi connectivity index (χ1) is 33.9. The van der Waals surface area contributed by atoms with E-state index in [1.54, 1.807) is 24.4 Å². The van der Waals surface area contributed by atoms with Crippen LogP contribution >= 0.6 is 58.2 Å². The Labute approximate surface area is 446 Å². The van der Waals surface area contributed by atoms with Crippen LogP contribution in [0.4, 0.5) is 44.0 Å². The first-order valence-corrected chi connectivity index (χ1v) is 24.7. The summed E-state index contributed by atoms with van der Waals surface area (Å²) >= 11 is 27.7. The first-order valence-electron chi connectivity index (χ1n) is 20.4. The normalized spacial score (nSPS) is 13.1. The van der Waals surface area contributed by atoms with E-state index in [9.17, 15) is 34.0 Å². The van der Waals surface area contributed by atoms with E-state index >= 15 is 0 Å². The fourth-order valence-electron chi connectivity index (χ4n) is 7.40. The number of hydrogen-bond donors (Lipinski definition) is 0. The van der Waals surface area contributed by atoms with Gasteiger partial charge in [-0.3, -0.25) is 44.0 Å². The van der Waals surface area contributed by atoms with Crippen LogP contribution in [0.3, 0.4) is 0 Å². The molecule has 6 aromatic rings. The molecule has 8 rings (SSSR count). The summed E-state index contributed by atoms with van der Waals surface area (Å²) in [5.41, 5.74) is 2.32. The van der Waals surface area contributed by atoms with Crippen molar-refractivity contribution in [1.82, 2.24) is 19.9 Å². The second-order valence-electron chi connectivity index (χ2n) is 14.9. The molecule has 2 aliphatic heterocycles. The molecule has 2 aliphatic rings. The van der Waals surface area contributed by atoms with Gasteiger partial charge in [0.15, 0.2) is 5.16 Å². The van der Waals surface area contributed by atoms with Crippen molar-refractivity contribution in [2.75, 3.05) is 60.6 Å². The minimum Gasteiger partial charge on any atom is -0.495 e. The number of fused-ring (bicyclic) bond motifs is 2. The number of nitro benzene ring substituents is 2. The molecule has 21 nitrogen and oxygen atoms in total. The van der Waals surface area contributed by atoms with Crippen LogP contribution in [0, 0.1) is 20.2 Å². The highest BCUT2D eigenvalue weighted by Gasteiger charge is 2.39. The lowest BCUT2D eigenvalue weighted by Crippen LogP contribution is -2.48. The zero-order chi connectivity index (χ0) is 51.4. The van der Waals surface area contributed by atoms with Crippen LogP contribution in [0.15, 0.2) is 83.4 Å². The van der Waals surface area contributed by atoms with Crippen molar-refractivity contribution in [3.63, 3.8) is 0 Å². The lowest BCUT2D eigenvalue weighted by atomic mass is 10.1. The number of ether oxygens (including phenoxy) is 4. The number of carbonyl (C=O) groups excluding carboxylic acids is 2. The Morgan fingerprint density at radius 3 is 1.38 bits per heavy atom. The second-order valence-corrected chi connectivity index (χ2v) is 18.5. The molecule has 0 N–H and O–H groups in total. The van der Waals surface area contributed by atoms with E-state index in [1.165, 1.54) is 115 Å². The van der Waals surface area contributed by atoms with Crippen molar-refractivity contribution in [2.24, 2.45) is 0 Å². The number of hydrogen-bond acceptors (Lipinski definition) is 16. The first kappa shape index (κ1) is 57.1. The lowest BCUT2D eigenvalue weighted by Gasteiger charge is -2.37. The van der Waals surface area contributed by atoms with Crippen LogP contribution in [0.25, 0.3) is 0 Å². The van der Waals surface area contributed by atoms with Gasteiger partial charge in [-0.25, -0.2) is 29.5 Å². The summed E-state index contributed by atoms with van der Waals surface area (Å²) in [6.07, 6.45) is 6.35. The molecule has 0 bridgehead atoms. The summed E-state index contributed by atoms with van der Waals surface area (Å²) < 4.78 is 33.4. The van der Waals surface area contributed by atoms with E-state index in [0.717, 1.165) is 0 Å². The molecule has 0 saturated carbocycles. The predicted molar refractivity (Wildman–Crippen MR) is 282 cm³/mol. The summed E-state index contributed by atoms with van der Waals surface area (Å²) in [7, 11) is 4.21. The quantitative estimate of drug-likeness (QED) is 0.0426. The SMILES string of the molecule is C.C.COc1cc(OC)c(Cl)c(N2Cc3cnc(S(C)=O)nc3N(Cc3cccc([N+](=O)[O-])c3)C2=O)c1Cl.COc1cc(OC)c(Cl)c(N2Cc3cnc(SC)nc3N(Cc3cccc([N+](=O)[O-])c3)C2=O)c1Cl. The fourth-order valence-corrected chi connectivity index (χ4v) is 9.56. The summed E-state index contributed by atoms with van der Waals surface area (Å²) in [4.78, 5) is 72.1. The van der Waals surface area contributed by atoms with Gasteiger partial charge < -0.3 is 18.9 Å². The second kappa shape index (κ2) is 24.3. The Balaban J connectivity index is 0.000000264. The number of thioether (sulfide) groups is 1. The minimum absolute atomic E-state index is 0.